The molecular formula is C29H40F2N6O. The van der Waals surface area contributed by atoms with Crippen molar-refractivity contribution in [2.75, 3.05) is 18.4 Å². The molecule has 1 heterocycles. The molecule has 2 unspecified atom stereocenters. The van der Waals surface area contributed by atoms with Crippen LogP contribution in [-0.4, -0.2) is 44.5 Å². The van der Waals surface area contributed by atoms with Crippen molar-refractivity contribution in [3.05, 3.63) is 71.1 Å². The third kappa shape index (κ3) is 6.38. The molecular weight excluding hydrogens is 486 g/mol. The zero-order valence-electron chi connectivity index (χ0n) is 22.8. The molecule has 0 amide bonds. The van der Waals surface area contributed by atoms with Crippen molar-refractivity contribution >= 4 is 5.69 Å². The smallest absolute Gasteiger partial charge is 0.149 e. The highest BCUT2D eigenvalue weighted by atomic mass is 19.1. The molecule has 0 saturated heterocycles. The van der Waals surface area contributed by atoms with E-state index in [2.05, 4.69) is 71.2 Å². The maximum atomic E-state index is 14.6. The van der Waals surface area contributed by atoms with Crippen molar-refractivity contribution in [3.8, 4) is 0 Å². The first kappa shape index (κ1) is 28.1. The highest BCUT2D eigenvalue weighted by molar-refractivity contribution is 5.53. The summed E-state index contributed by atoms with van der Waals surface area (Å²) in [5, 5.41) is 29.7. The van der Waals surface area contributed by atoms with Crippen LogP contribution in [0.5, 0.6) is 0 Å². The van der Waals surface area contributed by atoms with Gasteiger partial charge in [0.2, 0.25) is 0 Å². The molecule has 3 aromatic rings. The minimum absolute atomic E-state index is 0.0288. The van der Waals surface area contributed by atoms with Gasteiger partial charge in [-0.25, -0.2) is 13.5 Å². The van der Waals surface area contributed by atoms with E-state index in [1.165, 1.54) is 34.6 Å². The van der Waals surface area contributed by atoms with Crippen molar-refractivity contribution < 1.29 is 13.9 Å². The fourth-order valence-corrected chi connectivity index (χ4v) is 5.56. The Kier molecular flexibility index (Phi) is 8.78. The Labute approximate surface area is 224 Å². The van der Waals surface area contributed by atoms with Crippen LogP contribution in [0.1, 0.15) is 82.5 Å². The van der Waals surface area contributed by atoms with Gasteiger partial charge in [-0.15, -0.1) is 5.10 Å². The summed E-state index contributed by atoms with van der Waals surface area (Å²) >= 11 is 0. The van der Waals surface area contributed by atoms with Crippen molar-refractivity contribution in [1.29, 1.82) is 0 Å². The van der Waals surface area contributed by atoms with Gasteiger partial charge in [-0.05, 0) is 64.8 Å². The fraction of sp³-hybridized carbons (Fsp3) is 0.552. The van der Waals surface area contributed by atoms with Crippen LogP contribution in [0.2, 0.25) is 0 Å². The van der Waals surface area contributed by atoms with Crippen LogP contribution in [-0.2, 0) is 17.4 Å². The zero-order valence-corrected chi connectivity index (χ0v) is 22.8. The average Bonchev–Trinajstić information content (AvgIpc) is 3.42. The number of aliphatic hydroxyl groups is 1. The molecule has 7 nitrogen and oxygen atoms in total. The molecule has 206 valence electrons. The Balaban J connectivity index is 1.61. The van der Waals surface area contributed by atoms with Gasteiger partial charge >= 0.3 is 0 Å². The first-order valence-corrected chi connectivity index (χ1v) is 13.6. The van der Waals surface area contributed by atoms with Crippen molar-refractivity contribution in [3.63, 3.8) is 0 Å². The van der Waals surface area contributed by atoms with Crippen molar-refractivity contribution in [1.82, 2.24) is 25.5 Å². The van der Waals surface area contributed by atoms with Crippen LogP contribution >= 0.6 is 0 Å². The van der Waals surface area contributed by atoms with Gasteiger partial charge < -0.3 is 15.7 Å². The normalized spacial score (nSPS) is 17.2. The van der Waals surface area contributed by atoms with E-state index >= 15 is 0 Å². The Bertz CT molecular complexity index is 1190. The summed E-state index contributed by atoms with van der Waals surface area (Å²) < 4.78 is 30.3. The van der Waals surface area contributed by atoms with E-state index in [9.17, 15) is 13.9 Å². The summed E-state index contributed by atoms with van der Waals surface area (Å²) in [6, 6.07) is 10.3. The highest BCUT2D eigenvalue weighted by Gasteiger charge is 2.36. The minimum Gasteiger partial charge on any atom is -0.390 e. The van der Waals surface area contributed by atoms with Gasteiger partial charge in [-0.1, -0.05) is 64.3 Å². The second kappa shape index (κ2) is 11.9. The molecule has 2 atom stereocenters. The molecule has 1 fully saturated rings. The number of nitrogens with zero attached hydrogens (tertiary/aromatic N) is 4. The Morgan fingerprint density at radius 1 is 1.11 bits per heavy atom. The minimum atomic E-state index is -0.913. The quantitative estimate of drug-likeness (QED) is 0.333. The standard InChI is InChI=1S/C29H40F2N6O/c1-5-32-27-20(14-23(30)17-24(27)31)15-25(37-19-34-35-36-37)26(38)18-33-29(12-7-6-8-13-29)22-11-9-10-21(16-22)28(2,3)4/h9-11,14,16-17,19,25-26,32-33,38H,5-8,12-13,15,18H2,1-4H3. The van der Waals surface area contributed by atoms with Gasteiger partial charge in [-0.2, -0.15) is 0 Å². The predicted octanol–water partition coefficient (Wildman–Crippen LogP) is 5.27. The molecule has 1 saturated carbocycles. The Morgan fingerprint density at radius 3 is 2.53 bits per heavy atom. The van der Waals surface area contributed by atoms with Gasteiger partial charge in [0.1, 0.15) is 18.0 Å². The molecule has 1 aliphatic rings. The molecule has 38 heavy (non-hydrogen) atoms. The number of tetrazole rings is 1. The summed E-state index contributed by atoms with van der Waals surface area (Å²) in [5.74, 6) is -1.33. The van der Waals surface area contributed by atoms with E-state index < -0.39 is 23.8 Å². The van der Waals surface area contributed by atoms with E-state index in [0.29, 0.717) is 12.1 Å². The number of anilines is 1. The maximum absolute atomic E-state index is 14.6. The highest BCUT2D eigenvalue weighted by Crippen LogP contribution is 2.39. The Morgan fingerprint density at radius 2 is 1.87 bits per heavy atom. The topological polar surface area (TPSA) is 87.9 Å². The Hall–Kier alpha value is -2.91. The molecule has 1 aromatic heterocycles. The van der Waals surface area contributed by atoms with Gasteiger partial charge in [-0.3, -0.25) is 0 Å². The van der Waals surface area contributed by atoms with Crippen LogP contribution in [0.4, 0.5) is 14.5 Å². The molecule has 4 rings (SSSR count). The lowest BCUT2D eigenvalue weighted by atomic mass is 9.74. The lowest BCUT2D eigenvalue weighted by Crippen LogP contribution is -2.49. The molecule has 0 bridgehead atoms. The lowest BCUT2D eigenvalue weighted by molar-refractivity contribution is 0.0854. The molecule has 1 aliphatic carbocycles. The largest absolute Gasteiger partial charge is 0.390 e. The van der Waals surface area contributed by atoms with Crippen LogP contribution in [0.25, 0.3) is 0 Å². The summed E-state index contributed by atoms with van der Waals surface area (Å²) in [5.41, 5.74) is 2.94. The van der Waals surface area contributed by atoms with Gasteiger partial charge in [0.25, 0.3) is 0 Å². The molecule has 0 aliphatic heterocycles. The average molecular weight is 527 g/mol. The van der Waals surface area contributed by atoms with E-state index in [0.717, 1.165) is 31.7 Å². The zero-order chi connectivity index (χ0) is 27.3. The van der Waals surface area contributed by atoms with E-state index in [4.69, 9.17) is 0 Å². The van der Waals surface area contributed by atoms with Crippen molar-refractivity contribution in [2.45, 2.75) is 89.3 Å². The first-order chi connectivity index (χ1) is 18.1. The van der Waals surface area contributed by atoms with Crippen molar-refractivity contribution in [2.24, 2.45) is 0 Å². The molecule has 0 radical (unpaired) electrons. The number of halogens is 2. The van der Waals surface area contributed by atoms with Crippen LogP contribution in [0, 0.1) is 11.6 Å². The molecule has 3 N–H and O–H groups in total. The monoisotopic (exact) mass is 526 g/mol. The van der Waals surface area contributed by atoms with Crippen LogP contribution < -0.4 is 10.6 Å². The summed E-state index contributed by atoms with van der Waals surface area (Å²) in [6.07, 6.45) is 6.02. The van der Waals surface area contributed by atoms with Crippen LogP contribution in [0.15, 0.2) is 42.7 Å². The third-order valence-corrected chi connectivity index (χ3v) is 7.71. The predicted molar refractivity (Wildman–Crippen MR) is 145 cm³/mol. The number of nitrogens with one attached hydrogen (secondary N) is 2. The number of rotatable bonds is 10. The lowest BCUT2D eigenvalue weighted by Gasteiger charge is -2.41. The van der Waals surface area contributed by atoms with Gasteiger partial charge in [0, 0.05) is 24.7 Å². The SMILES string of the molecule is CCNc1c(F)cc(F)cc1CC(C(O)CNC1(c2cccc(C(C)(C)C)c2)CCCCC1)n1cnnn1. The summed E-state index contributed by atoms with van der Waals surface area (Å²) in [4.78, 5) is 0. The number of aliphatic hydroxyl groups excluding tert-OH is 1. The fourth-order valence-electron chi connectivity index (χ4n) is 5.56. The van der Waals surface area contributed by atoms with Crippen LogP contribution in [0.3, 0.4) is 0 Å². The molecule has 2 aromatic carbocycles. The van der Waals surface area contributed by atoms with E-state index in [-0.39, 0.29) is 29.6 Å². The molecule has 9 heteroatoms. The summed E-state index contributed by atoms with van der Waals surface area (Å²) in [7, 11) is 0. The molecule has 0 spiro atoms. The number of benzene rings is 2. The second-order valence-electron chi connectivity index (χ2n) is 11.4. The van der Waals surface area contributed by atoms with E-state index in [1.54, 1.807) is 0 Å². The van der Waals surface area contributed by atoms with Gasteiger partial charge in [0.05, 0.1) is 17.8 Å². The first-order valence-electron chi connectivity index (χ1n) is 13.6. The van der Waals surface area contributed by atoms with E-state index in [1.807, 2.05) is 6.92 Å². The number of hydrogen-bond donors (Lipinski definition) is 3. The summed E-state index contributed by atoms with van der Waals surface area (Å²) in [6.45, 7) is 9.24. The number of hydrogen-bond acceptors (Lipinski definition) is 6. The number of aromatic nitrogens is 4. The van der Waals surface area contributed by atoms with Gasteiger partial charge in [0.15, 0.2) is 0 Å². The second-order valence-corrected chi connectivity index (χ2v) is 11.4. The maximum Gasteiger partial charge on any atom is 0.149 e. The third-order valence-electron chi connectivity index (χ3n) is 7.71.